The van der Waals surface area contributed by atoms with E-state index in [1.54, 1.807) is 18.2 Å². The normalized spacial score (nSPS) is 21.9. The van der Waals surface area contributed by atoms with Crippen molar-refractivity contribution in [3.63, 3.8) is 0 Å². The Morgan fingerprint density at radius 1 is 1.37 bits per heavy atom. The topological polar surface area (TPSA) is 96.2 Å². The van der Waals surface area contributed by atoms with Crippen molar-refractivity contribution in [1.29, 1.82) is 0 Å². The first kappa shape index (κ1) is 15.4. The van der Waals surface area contributed by atoms with E-state index in [-0.39, 0.29) is 38.4 Å². The SMILES string of the molecule is C=C(C(=O)O)C1(OCCO)C=CC(OCCO)=CC1. The highest BCUT2D eigenvalue weighted by Gasteiger charge is 2.36. The zero-order valence-electron chi connectivity index (χ0n) is 10.5. The van der Waals surface area contributed by atoms with Crippen molar-refractivity contribution in [2.45, 2.75) is 12.0 Å². The van der Waals surface area contributed by atoms with Crippen LogP contribution >= 0.6 is 0 Å². The molecule has 0 aromatic carbocycles. The molecule has 0 amide bonds. The Morgan fingerprint density at radius 3 is 2.53 bits per heavy atom. The van der Waals surface area contributed by atoms with Gasteiger partial charge in [0.15, 0.2) is 0 Å². The standard InChI is InChI=1S/C13H18O6/c1-10(12(16)17)13(19-9-7-15)4-2-11(3-5-13)18-8-6-14/h2-4,14-15H,1,5-9H2,(H,16,17). The average molecular weight is 270 g/mol. The van der Waals surface area contributed by atoms with Crippen molar-refractivity contribution in [1.82, 2.24) is 0 Å². The third kappa shape index (κ3) is 3.92. The smallest absolute Gasteiger partial charge is 0.334 e. The molecule has 0 radical (unpaired) electrons. The van der Waals surface area contributed by atoms with Gasteiger partial charge in [-0.3, -0.25) is 0 Å². The van der Waals surface area contributed by atoms with Crippen LogP contribution in [0.15, 0.2) is 36.1 Å². The number of aliphatic hydroxyl groups is 2. The second kappa shape index (κ2) is 7.08. The summed E-state index contributed by atoms with van der Waals surface area (Å²) in [5, 5.41) is 26.5. The van der Waals surface area contributed by atoms with E-state index in [2.05, 4.69) is 6.58 Å². The molecule has 1 aliphatic carbocycles. The number of carboxylic acids is 1. The van der Waals surface area contributed by atoms with Crippen LogP contribution < -0.4 is 0 Å². The molecule has 0 aromatic heterocycles. The third-order valence-corrected chi connectivity index (χ3v) is 2.70. The number of allylic oxidation sites excluding steroid dienone is 1. The van der Waals surface area contributed by atoms with Crippen molar-refractivity contribution in [2.24, 2.45) is 0 Å². The molecule has 0 heterocycles. The van der Waals surface area contributed by atoms with Crippen LogP contribution in [0.2, 0.25) is 0 Å². The summed E-state index contributed by atoms with van der Waals surface area (Å²) in [6.07, 6.45) is 5.03. The van der Waals surface area contributed by atoms with Gasteiger partial charge in [0.2, 0.25) is 0 Å². The minimum atomic E-state index is -1.17. The van der Waals surface area contributed by atoms with Crippen LogP contribution in [0.4, 0.5) is 0 Å². The number of carboxylic acid groups (broad SMARTS) is 1. The lowest BCUT2D eigenvalue weighted by molar-refractivity contribution is -0.135. The van der Waals surface area contributed by atoms with E-state index >= 15 is 0 Å². The van der Waals surface area contributed by atoms with E-state index in [1.807, 2.05) is 0 Å². The molecule has 1 unspecified atom stereocenters. The van der Waals surface area contributed by atoms with E-state index in [0.717, 1.165) is 0 Å². The van der Waals surface area contributed by atoms with Crippen LogP contribution in [0.1, 0.15) is 6.42 Å². The minimum absolute atomic E-state index is 0.0112. The number of ether oxygens (including phenoxy) is 2. The van der Waals surface area contributed by atoms with Crippen LogP contribution in [0.3, 0.4) is 0 Å². The fourth-order valence-corrected chi connectivity index (χ4v) is 1.70. The molecule has 6 heteroatoms. The number of aliphatic hydroxyl groups excluding tert-OH is 2. The average Bonchev–Trinajstić information content (AvgIpc) is 2.43. The van der Waals surface area contributed by atoms with E-state index in [0.29, 0.717) is 5.76 Å². The molecule has 19 heavy (non-hydrogen) atoms. The Bertz CT molecular complexity index is 398. The van der Waals surface area contributed by atoms with Gasteiger partial charge in [-0.25, -0.2) is 4.79 Å². The summed E-state index contributed by atoms with van der Waals surface area (Å²) < 4.78 is 10.6. The maximum absolute atomic E-state index is 11.1. The Morgan fingerprint density at radius 2 is 2.05 bits per heavy atom. The first-order valence-corrected chi connectivity index (χ1v) is 5.86. The van der Waals surface area contributed by atoms with Crippen molar-refractivity contribution in [3.05, 3.63) is 36.1 Å². The summed E-state index contributed by atoms with van der Waals surface area (Å²) in [5.74, 6) is -0.619. The van der Waals surface area contributed by atoms with Gasteiger partial charge >= 0.3 is 5.97 Å². The van der Waals surface area contributed by atoms with Gasteiger partial charge < -0.3 is 24.8 Å². The number of aliphatic carboxylic acids is 1. The highest BCUT2D eigenvalue weighted by Crippen LogP contribution is 2.32. The maximum Gasteiger partial charge on any atom is 0.334 e. The molecular formula is C13H18O6. The highest BCUT2D eigenvalue weighted by molar-refractivity contribution is 5.89. The Labute approximate surface area is 111 Å². The first-order valence-electron chi connectivity index (χ1n) is 5.86. The Balaban J connectivity index is 2.81. The fourth-order valence-electron chi connectivity index (χ4n) is 1.70. The predicted octanol–water partition coefficient (Wildman–Crippen LogP) is 0.228. The fraction of sp³-hybridized carbons (Fsp3) is 0.462. The molecule has 106 valence electrons. The lowest BCUT2D eigenvalue weighted by atomic mass is 9.87. The van der Waals surface area contributed by atoms with Crippen LogP contribution in [-0.4, -0.2) is 53.3 Å². The number of carbonyl (C=O) groups is 1. The number of hydrogen-bond donors (Lipinski definition) is 3. The Hall–Kier alpha value is -1.63. The molecule has 1 atom stereocenters. The molecule has 0 fully saturated rings. The summed E-state index contributed by atoms with van der Waals surface area (Å²) in [6, 6.07) is 0. The Kier molecular flexibility index (Phi) is 5.75. The second-order valence-electron chi connectivity index (χ2n) is 3.96. The van der Waals surface area contributed by atoms with E-state index in [9.17, 15) is 4.79 Å². The molecule has 0 aliphatic heterocycles. The second-order valence-corrected chi connectivity index (χ2v) is 3.96. The van der Waals surface area contributed by atoms with Gasteiger partial charge in [-0.1, -0.05) is 6.58 Å². The molecule has 0 saturated heterocycles. The summed E-state index contributed by atoms with van der Waals surface area (Å²) in [5.41, 5.74) is -1.27. The first-order chi connectivity index (χ1) is 9.05. The summed E-state index contributed by atoms with van der Waals surface area (Å²) >= 11 is 0. The van der Waals surface area contributed by atoms with Gasteiger partial charge in [-0.2, -0.15) is 0 Å². The van der Waals surface area contributed by atoms with Crippen LogP contribution in [0.5, 0.6) is 0 Å². The molecule has 1 aliphatic rings. The zero-order chi connectivity index (χ0) is 14.3. The monoisotopic (exact) mass is 270 g/mol. The zero-order valence-corrected chi connectivity index (χ0v) is 10.5. The van der Waals surface area contributed by atoms with Gasteiger partial charge in [-0.15, -0.1) is 0 Å². The van der Waals surface area contributed by atoms with Crippen molar-refractivity contribution < 1.29 is 29.6 Å². The summed E-state index contributed by atoms with van der Waals surface area (Å²) in [7, 11) is 0. The van der Waals surface area contributed by atoms with E-state index < -0.39 is 11.6 Å². The van der Waals surface area contributed by atoms with Crippen molar-refractivity contribution in [2.75, 3.05) is 26.4 Å². The van der Waals surface area contributed by atoms with Gasteiger partial charge in [0, 0.05) is 6.42 Å². The summed E-state index contributed by atoms with van der Waals surface area (Å²) in [6.45, 7) is 3.39. The lowest BCUT2D eigenvalue weighted by Gasteiger charge is -2.32. The van der Waals surface area contributed by atoms with Gasteiger partial charge in [-0.05, 0) is 18.2 Å². The summed E-state index contributed by atoms with van der Waals surface area (Å²) in [4.78, 5) is 11.1. The molecule has 0 spiro atoms. The quantitative estimate of drug-likeness (QED) is 0.546. The molecule has 0 aromatic rings. The van der Waals surface area contributed by atoms with E-state index in [4.69, 9.17) is 24.8 Å². The number of rotatable bonds is 8. The molecule has 6 nitrogen and oxygen atoms in total. The van der Waals surface area contributed by atoms with Crippen LogP contribution in [0, 0.1) is 0 Å². The number of hydrogen-bond acceptors (Lipinski definition) is 5. The van der Waals surface area contributed by atoms with Crippen molar-refractivity contribution >= 4 is 5.97 Å². The lowest BCUT2D eigenvalue weighted by Crippen LogP contribution is -2.37. The largest absolute Gasteiger partial charge is 0.492 e. The highest BCUT2D eigenvalue weighted by atomic mass is 16.5. The van der Waals surface area contributed by atoms with E-state index in [1.165, 1.54) is 0 Å². The predicted molar refractivity (Wildman–Crippen MR) is 67.4 cm³/mol. The molecule has 3 N–H and O–H groups in total. The van der Waals surface area contributed by atoms with Gasteiger partial charge in [0.05, 0.1) is 25.4 Å². The van der Waals surface area contributed by atoms with Gasteiger partial charge in [0.25, 0.3) is 0 Å². The van der Waals surface area contributed by atoms with Crippen LogP contribution in [-0.2, 0) is 14.3 Å². The van der Waals surface area contributed by atoms with Crippen LogP contribution in [0.25, 0.3) is 0 Å². The molecule has 0 saturated carbocycles. The van der Waals surface area contributed by atoms with Gasteiger partial charge in [0.1, 0.15) is 18.0 Å². The van der Waals surface area contributed by atoms with Crippen molar-refractivity contribution in [3.8, 4) is 0 Å². The third-order valence-electron chi connectivity index (χ3n) is 2.70. The molecule has 1 rings (SSSR count). The maximum atomic E-state index is 11.1. The minimum Gasteiger partial charge on any atom is -0.492 e. The molecule has 0 bridgehead atoms. The molecular weight excluding hydrogens is 252 g/mol.